The molecular formula is C21H31ClN4O2+2. The molecule has 1 spiro atoms. The average Bonchev–Trinajstić information content (AvgIpc) is 2.91. The fourth-order valence-corrected chi connectivity index (χ4v) is 5.30. The van der Waals surface area contributed by atoms with Crippen LogP contribution in [-0.4, -0.2) is 55.2 Å². The van der Waals surface area contributed by atoms with Crippen LogP contribution in [0.4, 0.5) is 4.79 Å². The summed E-state index contributed by atoms with van der Waals surface area (Å²) in [4.78, 5) is 30.0. The number of quaternary nitrogens is 2. The molecule has 0 bridgehead atoms. The average molecular weight is 407 g/mol. The van der Waals surface area contributed by atoms with Crippen molar-refractivity contribution in [2.45, 2.75) is 44.7 Å². The smallest absolute Gasteiger partial charge is 0.323 e. The maximum absolute atomic E-state index is 13.1. The zero-order chi connectivity index (χ0) is 19.7. The molecule has 1 aliphatic carbocycles. The minimum atomic E-state index is -0.644. The fourth-order valence-electron chi connectivity index (χ4n) is 5.09. The summed E-state index contributed by atoms with van der Waals surface area (Å²) >= 11 is 6.09. The lowest BCUT2D eigenvalue weighted by molar-refractivity contribution is -1.02. The van der Waals surface area contributed by atoms with Crippen molar-refractivity contribution in [2.24, 2.45) is 5.92 Å². The van der Waals surface area contributed by atoms with Crippen LogP contribution in [0.25, 0.3) is 0 Å². The number of urea groups is 1. The van der Waals surface area contributed by atoms with E-state index in [2.05, 4.69) is 18.3 Å². The number of carbonyl (C=O) groups is 2. The lowest BCUT2D eigenvalue weighted by Gasteiger charge is -2.37. The van der Waals surface area contributed by atoms with Crippen LogP contribution in [-0.2, 0) is 11.3 Å². The van der Waals surface area contributed by atoms with Crippen molar-refractivity contribution in [1.82, 2.24) is 10.2 Å². The zero-order valence-corrected chi connectivity index (χ0v) is 17.4. The van der Waals surface area contributed by atoms with Crippen LogP contribution in [0.5, 0.6) is 0 Å². The van der Waals surface area contributed by atoms with Crippen LogP contribution in [0.2, 0.25) is 5.02 Å². The summed E-state index contributed by atoms with van der Waals surface area (Å²) in [6.45, 7) is 7.57. The summed E-state index contributed by atoms with van der Waals surface area (Å²) in [5, 5.41) is 3.84. The number of rotatable bonds is 4. The van der Waals surface area contributed by atoms with Crippen LogP contribution in [0.1, 0.15) is 38.2 Å². The number of hydrogen-bond donors (Lipinski definition) is 3. The van der Waals surface area contributed by atoms with Crippen LogP contribution >= 0.6 is 11.6 Å². The number of imide groups is 1. The monoisotopic (exact) mass is 406 g/mol. The molecule has 7 heteroatoms. The SMILES string of the molecule is C[C@@H]1CCCC[C@]12NC(=O)N(C[NH+]1CC[NH+](Cc3cccc(Cl)c3)CC1)C2=O. The molecule has 2 saturated heterocycles. The highest BCUT2D eigenvalue weighted by Gasteiger charge is 2.55. The largest absolute Gasteiger partial charge is 0.329 e. The van der Waals surface area contributed by atoms with Gasteiger partial charge in [0, 0.05) is 10.6 Å². The first-order chi connectivity index (χ1) is 13.5. The Labute approximate surface area is 171 Å². The highest BCUT2D eigenvalue weighted by atomic mass is 35.5. The number of amides is 3. The van der Waals surface area contributed by atoms with E-state index in [1.165, 1.54) is 20.3 Å². The predicted octanol–water partition coefficient (Wildman–Crippen LogP) is 0.0816. The Kier molecular flexibility index (Phi) is 5.63. The van der Waals surface area contributed by atoms with Gasteiger partial charge < -0.3 is 15.1 Å². The second kappa shape index (κ2) is 8.01. The molecule has 2 atom stereocenters. The van der Waals surface area contributed by atoms with E-state index in [0.29, 0.717) is 6.67 Å². The third kappa shape index (κ3) is 3.78. The second-order valence-corrected chi connectivity index (χ2v) is 9.18. The molecule has 0 radical (unpaired) electrons. The number of carbonyl (C=O) groups excluding carboxylic acids is 2. The van der Waals surface area contributed by atoms with Gasteiger partial charge in [-0.1, -0.05) is 43.5 Å². The standard InChI is InChI=1S/C21H29ClN4O2/c1-16-5-2-3-8-21(16)19(27)26(20(28)23-21)15-25-11-9-24(10-12-25)14-17-6-4-7-18(22)13-17/h4,6-7,13,16H,2-3,5,8-12,14-15H2,1H3,(H,23,28)/p+2/t16-,21+/m1/s1. The molecule has 1 aromatic carbocycles. The molecule has 3 fully saturated rings. The van der Waals surface area contributed by atoms with Gasteiger partial charge in [0.15, 0.2) is 6.67 Å². The highest BCUT2D eigenvalue weighted by molar-refractivity contribution is 6.30. The van der Waals surface area contributed by atoms with Crippen LogP contribution in [0.3, 0.4) is 0 Å². The van der Waals surface area contributed by atoms with E-state index < -0.39 is 5.54 Å². The minimum absolute atomic E-state index is 0.00547. The van der Waals surface area contributed by atoms with E-state index >= 15 is 0 Å². The van der Waals surface area contributed by atoms with Crippen molar-refractivity contribution in [3.05, 3.63) is 34.9 Å². The Balaban J connectivity index is 1.32. The molecule has 6 nitrogen and oxygen atoms in total. The Morgan fingerprint density at radius 3 is 2.64 bits per heavy atom. The number of hydrogen-bond acceptors (Lipinski definition) is 2. The normalized spacial score (nSPS) is 33.4. The number of benzene rings is 1. The molecule has 2 aliphatic heterocycles. The third-order valence-corrected chi connectivity index (χ3v) is 7.13. The van der Waals surface area contributed by atoms with Crippen molar-refractivity contribution < 1.29 is 19.4 Å². The van der Waals surface area contributed by atoms with Gasteiger partial charge >= 0.3 is 6.03 Å². The summed E-state index contributed by atoms with van der Waals surface area (Å²) in [7, 11) is 0. The van der Waals surface area contributed by atoms with Crippen LogP contribution in [0.15, 0.2) is 24.3 Å². The van der Waals surface area contributed by atoms with Crippen molar-refractivity contribution in [3.63, 3.8) is 0 Å². The van der Waals surface area contributed by atoms with Crippen molar-refractivity contribution >= 4 is 23.5 Å². The Morgan fingerprint density at radius 2 is 1.93 bits per heavy atom. The Bertz CT molecular complexity index is 750. The fraction of sp³-hybridized carbons (Fsp3) is 0.619. The molecule has 1 saturated carbocycles. The predicted molar refractivity (Wildman–Crippen MR) is 107 cm³/mol. The van der Waals surface area contributed by atoms with E-state index in [4.69, 9.17) is 11.6 Å². The zero-order valence-electron chi connectivity index (χ0n) is 16.6. The number of nitrogens with one attached hydrogen (secondary N) is 3. The molecule has 2 heterocycles. The van der Waals surface area contributed by atoms with Crippen LogP contribution < -0.4 is 15.1 Å². The van der Waals surface area contributed by atoms with Crippen molar-refractivity contribution in [1.29, 1.82) is 0 Å². The van der Waals surface area contributed by atoms with Gasteiger partial charge in [-0.15, -0.1) is 0 Å². The third-order valence-electron chi connectivity index (χ3n) is 6.89. The van der Waals surface area contributed by atoms with Gasteiger partial charge in [-0.05, 0) is 30.9 Å². The minimum Gasteiger partial charge on any atom is -0.323 e. The maximum atomic E-state index is 13.1. The van der Waals surface area contributed by atoms with Crippen molar-refractivity contribution in [2.75, 3.05) is 32.8 Å². The number of nitrogens with zero attached hydrogens (tertiary/aromatic N) is 1. The van der Waals surface area contributed by atoms with E-state index in [1.807, 2.05) is 18.2 Å². The first-order valence-electron chi connectivity index (χ1n) is 10.5. The van der Waals surface area contributed by atoms with Crippen molar-refractivity contribution in [3.8, 4) is 0 Å². The lowest BCUT2D eigenvalue weighted by Crippen LogP contribution is -3.28. The molecule has 152 valence electrons. The molecule has 3 N–H and O–H groups in total. The number of piperazine rings is 1. The lowest BCUT2D eigenvalue weighted by atomic mass is 9.73. The molecule has 1 aromatic rings. The van der Waals surface area contributed by atoms with Gasteiger partial charge in [0.05, 0.1) is 0 Å². The van der Waals surface area contributed by atoms with Gasteiger partial charge in [-0.3, -0.25) is 4.79 Å². The second-order valence-electron chi connectivity index (χ2n) is 8.75. The first-order valence-corrected chi connectivity index (χ1v) is 10.9. The van der Waals surface area contributed by atoms with E-state index in [9.17, 15) is 9.59 Å². The quantitative estimate of drug-likeness (QED) is 0.620. The van der Waals surface area contributed by atoms with E-state index in [1.54, 1.807) is 0 Å². The Morgan fingerprint density at radius 1 is 1.18 bits per heavy atom. The summed E-state index contributed by atoms with van der Waals surface area (Å²) in [5.74, 6) is 0.225. The molecule has 0 unspecified atom stereocenters. The summed E-state index contributed by atoms with van der Waals surface area (Å²) < 4.78 is 0. The Hall–Kier alpha value is -1.63. The first kappa shape index (κ1) is 19.7. The molecule has 3 amide bonds. The molecule has 0 aromatic heterocycles. The topological polar surface area (TPSA) is 58.3 Å². The molecular weight excluding hydrogens is 376 g/mol. The van der Waals surface area contributed by atoms with Gasteiger partial charge in [-0.2, -0.15) is 0 Å². The number of halogens is 1. The van der Waals surface area contributed by atoms with E-state index in [0.717, 1.165) is 63.4 Å². The molecule has 4 rings (SSSR count). The van der Waals surface area contributed by atoms with Gasteiger partial charge in [0.2, 0.25) is 0 Å². The van der Waals surface area contributed by atoms with Gasteiger partial charge in [0.1, 0.15) is 38.3 Å². The van der Waals surface area contributed by atoms with Crippen LogP contribution in [0, 0.1) is 5.92 Å². The summed E-state index contributed by atoms with van der Waals surface area (Å²) in [5.41, 5.74) is 0.613. The van der Waals surface area contributed by atoms with Gasteiger partial charge in [-0.25, -0.2) is 9.69 Å². The highest BCUT2D eigenvalue weighted by Crippen LogP contribution is 2.37. The summed E-state index contributed by atoms with van der Waals surface area (Å²) in [6.07, 6.45) is 3.96. The van der Waals surface area contributed by atoms with E-state index in [-0.39, 0.29) is 17.9 Å². The molecule has 3 aliphatic rings. The summed E-state index contributed by atoms with van der Waals surface area (Å²) in [6, 6.07) is 7.86. The molecule has 28 heavy (non-hydrogen) atoms. The van der Waals surface area contributed by atoms with Gasteiger partial charge in [0.25, 0.3) is 5.91 Å². The maximum Gasteiger partial charge on any atom is 0.329 e.